The lowest BCUT2D eigenvalue weighted by Crippen LogP contribution is -2.23. The first kappa shape index (κ1) is 14.2. The van der Waals surface area contributed by atoms with Gasteiger partial charge in [0.1, 0.15) is 15.8 Å². The number of methoxy groups -OCH3 is 1. The van der Waals surface area contributed by atoms with E-state index in [4.69, 9.17) is 10.5 Å². The Morgan fingerprint density at radius 3 is 2.89 bits per heavy atom. The summed E-state index contributed by atoms with van der Waals surface area (Å²) in [7, 11) is 1.70. The van der Waals surface area contributed by atoms with E-state index in [9.17, 15) is 0 Å². The maximum Gasteiger partial charge on any atom is 0.149 e. The van der Waals surface area contributed by atoms with Gasteiger partial charge in [0.15, 0.2) is 0 Å². The molecule has 2 aromatic rings. The van der Waals surface area contributed by atoms with Crippen molar-refractivity contribution in [3.63, 3.8) is 0 Å². The summed E-state index contributed by atoms with van der Waals surface area (Å²) in [4.78, 5) is 4.49. The minimum Gasteiger partial charge on any atom is -0.383 e. The van der Waals surface area contributed by atoms with Crippen LogP contribution in [0.4, 0.5) is 10.8 Å². The van der Waals surface area contributed by atoms with E-state index in [0.29, 0.717) is 12.4 Å². The molecule has 0 aromatic carbocycles. The minimum absolute atomic E-state index is 0.254. The summed E-state index contributed by atoms with van der Waals surface area (Å²) in [6.07, 6.45) is 0.974. The number of ether oxygens (including phenoxy) is 1. The number of nitrogens with zero attached hydrogens (tertiary/aromatic N) is 2. The van der Waals surface area contributed by atoms with E-state index in [1.165, 1.54) is 11.5 Å². The third-order valence-corrected chi connectivity index (χ3v) is 4.52. The Bertz CT molecular complexity index is 538. The highest BCUT2D eigenvalue weighted by atomic mass is 32.1. The lowest BCUT2D eigenvalue weighted by molar-refractivity contribution is 0.184. The fourth-order valence-corrected chi connectivity index (χ4v) is 3.44. The second-order valence-electron chi connectivity index (χ2n) is 4.27. The Morgan fingerprint density at radius 2 is 2.32 bits per heavy atom. The summed E-state index contributed by atoms with van der Waals surface area (Å²) in [6.45, 7) is 4.75. The average Bonchev–Trinajstić information content (AvgIpc) is 2.95. The quantitative estimate of drug-likeness (QED) is 0.857. The zero-order valence-corrected chi connectivity index (χ0v) is 12.9. The molecule has 0 saturated carbocycles. The summed E-state index contributed by atoms with van der Waals surface area (Å²) in [5, 5.41) is 7.34. The number of aryl methyl sites for hydroxylation is 1. The minimum atomic E-state index is 0.254. The highest BCUT2D eigenvalue weighted by Gasteiger charge is 2.18. The number of nitrogens with two attached hydrogens (primary N) is 1. The van der Waals surface area contributed by atoms with Crippen molar-refractivity contribution in [2.24, 2.45) is 0 Å². The zero-order valence-electron chi connectivity index (χ0n) is 11.3. The standard InChI is InChI=1S/C12H18N4OS2/c1-4-8(5-17-3)15-12-9(10(13)16-19-12)11-14-7(2)6-18-11/h6,8,15H,4-5H2,1-3H3,(H2,13,16). The lowest BCUT2D eigenvalue weighted by Gasteiger charge is -2.16. The van der Waals surface area contributed by atoms with Gasteiger partial charge in [-0.1, -0.05) is 6.92 Å². The Labute approximate surface area is 121 Å². The van der Waals surface area contributed by atoms with Gasteiger partial charge in [-0.05, 0) is 24.9 Å². The highest BCUT2D eigenvalue weighted by molar-refractivity contribution is 7.15. The van der Waals surface area contributed by atoms with Crippen LogP contribution in [-0.4, -0.2) is 29.1 Å². The summed E-state index contributed by atoms with van der Waals surface area (Å²) < 4.78 is 9.43. The van der Waals surface area contributed by atoms with E-state index in [2.05, 4.69) is 21.6 Å². The van der Waals surface area contributed by atoms with E-state index >= 15 is 0 Å². The number of nitrogen functional groups attached to an aromatic ring is 1. The van der Waals surface area contributed by atoms with Gasteiger partial charge >= 0.3 is 0 Å². The molecule has 0 aliphatic heterocycles. The molecule has 5 nitrogen and oxygen atoms in total. The van der Waals surface area contributed by atoms with Crippen LogP contribution in [0.2, 0.25) is 0 Å². The van der Waals surface area contributed by atoms with Crippen LogP contribution in [0.1, 0.15) is 19.0 Å². The van der Waals surface area contributed by atoms with Crippen LogP contribution < -0.4 is 11.1 Å². The Balaban J connectivity index is 2.27. The molecule has 3 N–H and O–H groups in total. The van der Waals surface area contributed by atoms with E-state index in [0.717, 1.165) is 27.7 Å². The van der Waals surface area contributed by atoms with Crippen LogP contribution in [0.15, 0.2) is 5.38 Å². The van der Waals surface area contributed by atoms with Crippen LogP contribution >= 0.6 is 22.9 Å². The molecule has 0 bridgehead atoms. The van der Waals surface area contributed by atoms with Gasteiger partial charge in [-0.25, -0.2) is 4.98 Å². The fraction of sp³-hybridized carbons (Fsp3) is 0.500. The monoisotopic (exact) mass is 298 g/mol. The van der Waals surface area contributed by atoms with Crippen molar-refractivity contribution in [1.29, 1.82) is 0 Å². The third-order valence-electron chi connectivity index (χ3n) is 2.75. The molecule has 0 amide bonds. The topological polar surface area (TPSA) is 73.1 Å². The van der Waals surface area contributed by atoms with E-state index in [1.54, 1.807) is 18.4 Å². The molecule has 7 heteroatoms. The first-order valence-corrected chi connectivity index (χ1v) is 7.74. The van der Waals surface area contributed by atoms with Crippen molar-refractivity contribution in [3.8, 4) is 10.6 Å². The lowest BCUT2D eigenvalue weighted by atomic mass is 10.2. The Morgan fingerprint density at radius 1 is 1.53 bits per heavy atom. The maximum atomic E-state index is 5.97. The smallest absolute Gasteiger partial charge is 0.149 e. The predicted molar refractivity (Wildman–Crippen MR) is 81.9 cm³/mol. The molecule has 0 aliphatic rings. The molecule has 0 radical (unpaired) electrons. The average molecular weight is 298 g/mol. The van der Waals surface area contributed by atoms with Crippen molar-refractivity contribution in [1.82, 2.24) is 9.36 Å². The second kappa shape index (κ2) is 6.31. The third kappa shape index (κ3) is 3.23. The second-order valence-corrected chi connectivity index (χ2v) is 5.90. The number of thiazole rings is 1. The first-order valence-electron chi connectivity index (χ1n) is 6.08. The molecule has 1 atom stereocenters. The highest BCUT2D eigenvalue weighted by Crippen LogP contribution is 2.38. The zero-order chi connectivity index (χ0) is 13.8. The first-order chi connectivity index (χ1) is 9.15. The molecule has 2 rings (SSSR count). The molecule has 2 heterocycles. The van der Waals surface area contributed by atoms with Crippen molar-refractivity contribution in [3.05, 3.63) is 11.1 Å². The number of rotatable bonds is 6. The van der Waals surface area contributed by atoms with Crippen LogP contribution in [0.5, 0.6) is 0 Å². The summed E-state index contributed by atoms with van der Waals surface area (Å²) in [6, 6.07) is 0.254. The summed E-state index contributed by atoms with van der Waals surface area (Å²) >= 11 is 2.96. The molecule has 2 aromatic heterocycles. The van der Waals surface area contributed by atoms with Gasteiger partial charge in [-0.3, -0.25) is 0 Å². The number of aromatic nitrogens is 2. The van der Waals surface area contributed by atoms with Gasteiger partial charge < -0.3 is 15.8 Å². The molecule has 1 unspecified atom stereocenters. The molecular formula is C12H18N4OS2. The maximum absolute atomic E-state index is 5.97. The summed E-state index contributed by atoms with van der Waals surface area (Å²) in [5.74, 6) is 0.536. The van der Waals surface area contributed by atoms with Crippen LogP contribution in [0.3, 0.4) is 0 Å². The predicted octanol–water partition coefficient (Wildman–Crippen LogP) is 2.99. The fourth-order valence-electron chi connectivity index (χ4n) is 1.72. The van der Waals surface area contributed by atoms with Crippen LogP contribution in [0, 0.1) is 6.92 Å². The normalized spacial score (nSPS) is 12.6. The van der Waals surface area contributed by atoms with Gasteiger partial charge in [0.05, 0.1) is 18.2 Å². The van der Waals surface area contributed by atoms with Gasteiger partial charge in [-0.15, -0.1) is 11.3 Å². The number of hydrogen-bond donors (Lipinski definition) is 2. The van der Waals surface area contributed by atoms with Crippen molar-refractivity contribution < 1.29 is 4.74 Å². The van der Waals surface area contributed by atoms with Crippen molar-refractivity contribution >= 4 is 33.7 Å². The molecular weight excluding hydrogens is 280 g/mol. The van der Waals surface area contributed by atoms with Gasteiger partial charge in [0.2, 0.25) is 0 Å². The van der Waals surface area contributed by atoms with Crippen LogP contribution in [0.25, 0.3) is 10.6 Å². The van der Waals surface area contributed by atoms with Gasteiger partial charge in [0.25, 0.3) is 0 Å². The van der Waals surface area contributed by atoms with Gasteiger partial charge in [-0.2, -0.15) is 4.37 Å². The van der Waals surface area contributed by atoms with Gasteiger partial charge in [0, 0.05) is 18.2 Å². The Hall–Kier alpha value is -1.18. The largest absolute Gasteiger partial charge is 0.383 e. The number of nitrogens with one attached hydrogen (secondary N) is 1. The summed E-state index contributed by atoms with van der Waals surface area (Å²) in [5.41, 5.74) is 7.88. The van der Waals surface area contributed by atoms with E-state index in [1.807, 2.05) is 12.3 Å². The SMILES string of the molecule is CCC(COC)Nc1snc(N)c1-c1nc(C)cs1. The van der Waals surface area contributed by atoms with E-state index < -0.39 is 0 Å². The molecule has 0 saturated heterocycles. The van der Waals surface area contributed by atoms with Crippen LogP contribution in [-0.2, 0) is 4.74 Å². The number of hydrogen-bond acceptors (Lipinski definition) is 7. The Kier molecular flexibility index (Phi) is 4.73. The molecule has 0 spiro atoms. The molecule has 19 heavy (non-hydrogen) atoms. The van der Waals surface area contributed by atoms with Crippen molar-refractivity contribution in [2.45, 2.75) is 26.3 Å². The number of anilines is 2. The molecule has 104 valence electrons. The van der Waals surface area contributed by atoms with E-state index in [-0.39, 0.29) is 6.04 Å². The molecule has 0 fully saturated rings. The van der Waals surface area contributed by atoms with Crippen molar-refractivity contribution in [2.75, 3.05) is 24.8 Å². The molecule has 0 aliphatic carbocycles.